The second-order valence-corrected chi connectivity index (χ2v) is 6.55. The van der Waals surface area contributed by atoms with Gasteiger partial charge in [-0.05, 0) is 19.1 Å². The highest BCUT2D eigenvalue weighted by Crippen LogP contribution is 2.27. The number of halogens is 2. The molecule has 4 nitrogen and oxygen atoms in total. The van der Waals surface area contributed by atoms with Crippen LogP contribution in [0, 0.1) is 12.7 Å². The highest BCUT2D eigenvalue weighted by atomic mass is 35.7. The summed E-state index contributed by atoms with van der Waals surface area (Å²) in [6, 6.07) is 5.77. The van der Waals surface area contributed by atoms with Gasteiger partial charge in [-0.2, -0.15) is 0 Å². The van der Waals surface area contributed by atoms with Crippen LogP contribution in [0.25, 0.3) is 11.3 Å². The van der Waals surface area contributed by atoms with Crippen molar-refractivity contribution in [2.75, 3.05) is 0 Å². The van der Waals surface area contributed by atoms with Crippen LogP contribution in [-0.2, 0) is 14.8 Å². The molecular formula is C11H9ClFNO3S. The minimum atomic E-state index is -3.70. The lowest BCUT2D eigenvalue weighted by molar-refractivity contribution is 0.425. The molecule has 0 spiro atoms. The van der Waals surface area contributed by atoms with Crippen LogP contribution in [0.15, 0.2) is 28.8 Å². The Bertz CT molecular complexity index is 681. The average molecular weight is 290 g/mol. The molecule has 0 amide bonds. The molecular weight excluding hydrogens is 281 g/mol. The number of benzene rings is 1. The van der Waals surface area contributed by atoms with Crippen molar-refractivity contribution in [2.24, 2.45) is 0 Å². The minimum Gasteiger partial charge on any atom is -0.356 e. The fourth-order valence-corrected chi connectivity index (χ4v) is 2.47. The largest absolute Gasteiger partial charge is 0.356 e. The quantitative estimate of drug-likeness (QED) is 0.815. The van der Waals surface area contributed by atoms with Crippen molar-refractivity contribution in [3.63, 3.8) is 0 Å². The van der Waals surface area contributed by atoms with E-state index >= 15 is 0 Å². The molecule has 0 aliphatic carbocycles. The second kappa shape index (κ2) is 4.70. The highest BCUT2D eigenvalue weighted by molar-refractivity contribution is 8.13. The van der Waals surface area contributed by atoms with Crippen LogP contribution in [-0.4, -0.2) is 13.6 Å². The van der Waals surface area contributed by atoms with Crippen LogP contribution >= 0.6 is 10.7 Å². The van der Waals surface area contributed by atoms with Gasteiger partial charge in [-0.15, -0.1) is 0 Å². The molecule has 0 N–H and O–H groups in total. The molecule has 0 fully saturated rings. The SMILES string of the molecule is Cc1c(CS(=O)(=O)Cl)noc1-c1cccc(F)c1. The molecule has 0 unspecified atom stereocenters. The van der Waals surface area contributed by atoms with E-state index in [1.807, 2.05) is 0 Å². The van der Waals surface area contributed by atoms with E-state index in [4.69, 9.17) is 15.2 Å². The Kier molecular flexibility index (Phi) is 3.41. The summed E-state index contributed by atoms with van der Waals surface area (Å²) in [6.45, 7) is 1.65. The van der Waals surface area contributed by atoms with Gasteiger partial charge < -0.3 is 4.52 Å². The summed E-state index contributed by atoms with van der Waals surface area (Å²) in [7, 11) is 1.45. The first kappa shape index (κ1) is 13.0. The topological polar surface area (TPSA) is 60.2 Å². The maximum Gasteiger partial charge on any atom is 0.238 e. The summed E-state index contributed by atoms with van der Waals surface area (Å²) in [5, 5.41) is 3.65. The summed E-state index contributed by atoms with van der Waals surface area (Å²) in [5.74, 6) is -0.487. The third-order valence-electron chi connectivity index (χ3n) is 2.42. The van der Waals surface area contributed by atoms with Gasteiger partial charge in [0, 0.05) is 21.8 Å². The first-order chi connectivity index (χ1) is 8.37. The molecule has 18 heavy (non-hydrogen) atoms. The Morgan fingerprint density at radius 1 is 1.44 bits per heavy atom. The summed E-state index contributed by atoms with van der Waals surface area (Å²) in [6.07, 6.45) is 0. The Morgan fingerprint density at radius 3 is 2.78 bits per heavy atom. The smallest absolute Gasteiger partial charge is 0.238 e. The molecule has 7 heteroatoms. The van der Waals surface area contributed by atoms with E-state index in [1.54, 1.807) is 13.0 Å². The number of nitrogens with zero attached hydrogens (tertiary/aromatic N) is 1. The molecule has 1 heterocycles. The molecule has 0 aliphatic heterocycles. The predicted octanol–water partition coefficient (Wildman–Crippen LogP) is 2.86. The average Bonchev–Trinajstić information content (AvgIpc) is 2.58. The van der Waals surface area contributed by atoms with E-state index in [-0.39, 0.29) is 5.69 Å². The molecule has 1 aromatic heterocycles. The lowest BCUT2D eigenvalue weighted by Crippen LogP contribution is -1.97. The van der Waals surface area contributed by atoms with Crippen LogP contribution in [0.2, 0.25) is 0 Å². The van der Waals surface area contributed by atoms with Gasteiger partial charge in [0.1, 0.15) is 17.3 Å². The summed E-state index contributed by atoms with van der Waals surface area (Å²) in [4.78, 5) is 0. The molecule has 0 radical (unpaired) electrons. The van der Waals surface area contributed by atoms with Crippen molar-refractivity contribution in [1.82, 2.24) is 5.16 Å². The van der Waals surface area contributed by atoms with Gasteiger partial charge in [0.2, 0.25) is 9.05 Å². The van der Waals surface area contributed by atoms with Crippen molar-refractivity contribution in [2.45, 2.75) is 12.7 Å². The lowest BCUT2D eigenvalue weighted by atomic mass is 10.1. The van der Waals surface area contributed by atoms with Crippen LogP contribution in [0.5, 0.6) is 0 Å². The van der Waals surface area contributed by atoms with E-state index in [1.165, 1.54) is 18.2 Å². The third-order valence-corrected chi connectivity index (χ3v) is 3.36. The molecule has 1 aromatic carbocycles. The molecule has 0 saturated carbocycles. The fraction of sp³-hybridized carbons (Fsp3) is 0.182. The zero-order chi connectivity index (χ0) is 13.3. The molecule has 0 saturated heterocycles. The minimum absolute atomic E-state index is 0.226. The Balaban J connectivity index is 2.43. The first-order valence-electron chi connectivity index (χ1n) is 5.00. The van der Waals surface area contributed by atoms with Crippen LogP contribution in [0.4, 0.5) is 4.39 Å². The fourth-order valence-electron chi connectivity index (χ4n) is 1.57. The standard InChI is InChI=1S/C11H9ClFNO3S/c1-7-10(6-18(12,15)16)14-17-11(7)8-3-2-4-9(13)5-8/h2-5H,6H2,1H3. The van der Waals surface area contributed by atoms with Crippen LogP contribution < -0.4 is 0 Å². The highest BCUT2D eigenvalue weighted by Gasteiger charge is 2.18. The van der Waals surface area contributed by atoms with E-state index < -0.39 is 20.6 Å². The molecule has 2 aromatic rings. The maximum absolute atomic E-state index is 13.1. The Hall–Kier alpha value is -1.40. The van der Waals surface area contributed by atoms with Gasteiger partial charge in [-0.3, -0.25) is 0 Å². The van der Waals surface area contributed by atoms with E-state index in [0.29, 0.717) is 16.9 Å². The zero-order valence-electron chi connectivity index (χ0n) is 9.35. The van der Waals surface area contributed by atoms with Gasteiger partial charge in [-0.25, -0.2) is 12.8 Å². The van der Waals surface area contributed by atoms with Crippen molar-refractivity contribution in [3.05, 3.63) is 41.3 Å². The van der Waals surface area contributed by atoms with Crippen molar-refractivity contribution >= 4 is 19.7 Å². The number of aromatic nitrogens is 1. The Labute approximate surface area is 108 Å². The van der Waals surface area contributed by atoms with E-state index in [9.17, 15) is 12.8 Å². The van der Waals surface area contributed by atoms with Crippen molar-refractivity contribution in [3.8, 4) is 11.3 Å². The summed E-state index contributed by atoms with van der Waals surface area (Å²) < 4.78 is 40.1. The van der Waals surface area contributed by atoms with E-state index in [0.717, 1.165) is 0 Å². The lowest BCUT2D eigenvalue weighted by Gasteiger charge is -1.98. The van der Waals surface area contributed by atoms with Gasteiger partial charge in [0.25, 0.3) is 0 Å². The molecule has 0 aliphatic rings. The summed E-state index contributed by atoms with van der Waals surface area (Å²) >= 11 is 0. The van der Waals surface area contributed by atoms with Gasteiger partial charge in [0.05, 0.1) is 0 Å². The van der Waals surface area contributed by atoms with Crippen LogP contribution in [0.3, 0.4) is 0 Å². The molecule has 0 atom stereocenters. The predicted molar refractivity (Wildman–Crippen MR) is 65.1 cm³/mol. The first-order valence-corrected chi connectivity index (χ1v) is 7.48. The zero-order valence-corrected chi connectivity index (χ0v) is 10.9. The Morgan fingerprint density at radius 2 is 2.17 bits per heavy atom. The molecule has 2 rings (SSSR count). The molecule has 96 valence electrons. The van der Waals surface area contributed by atoms with Crippen LogP contribution in [0.1, 0.15) is 11.3 Å². The van der Waals surface area contributed by atoms with Crippen molar-refractivity contribution < 1.29 is 17.3 Å². The van der Waals surface area contributed by atoms with E-state index in [2.05, 4.69) is 5.16 Å². The van der Waals surface area contributed by atoms with Gasteiger partial charge >= 0.3 is 0 Å². The maximum atomic E-state index is 13.1. The number of hydrogen-bond donors (Lipinski definition) is 0. The number of rotatable bonds is 3. The van der Waals surface area contributed by atoms with Gasteiger partial charge in [-0.1, -0.05) is 17.3 Å². The molecule has 0 bridgehead atoms. The van der Waals surface area contributed by atoms with Gasteiger partial charge in [0.15, 0.2) is 5.76 Å². The number of hydrogen-bond acceptors (Lipinski definition) is 4. The summed E-state index contributed by atoms with van der Waals surface area (Å²) in [5.41, 5.74) is 1.26. The van der Waals surface area contributed by atoms with Crippen molar-refractivity contribution in [1.29, 1.82) is 0 Å². The monoisotopic (exact) mass is 289 g/mol. The third kappa shape index (κ3) is 2.88. The second-order valence-electron chi connectivity index (χ2n) is 3.78. The normalized spacial score (nSPS) is 11.7.